The Morgan fingerprint density at radius 3 is 2.52 bits per heavy atom. The Bertz CT molecular complexity index is 1470. The van der Waals surface area contributed by atoms with Crippen molar-refractivity contribution in [2.24, 2.45) is 5.41 Å². The average molecular weight is 594 g/mol. The molecule has 40 heavy (non-hydrogen) atoms. The van der Waals surface area contributed by atoms with Crippen LogP contribution in [0.4, 0.5) is 24.5 Å². The van der Waals surface area contributed by atoms with Crippen molar-refractivity contribution in [2.75, 3.05) is 23.7 Å². The number of pyridine rings is 1. The van der Waals surface area contributed by atoms with Crippen molar-refractivity contribution in [1.29, 1.82) is 5.26 Å². The SMILES string of the molecule is CC(C)(C)CNc1c(C#N)cnc2c(Cl)cc(NC(C3=CN(CC(O)C(F)(F)F)NN3)c3ccccc3Cl)cc12. The number of rotatable bonds is 8. The highest BCUT2D eigenvalue weighted by molar-refractivity contribution is 6.36. The van der Waals surface area contributed by atoms with Gasteiger partial charge in [0.05, 0.1) is 40.1 Å². The van der Waals surface area contributed by atoms with Crippen LogP contribution >= 0.6 is 23.2 Å². The maximum atomic E-state index is 12.9. The zero-order chi connectivity index (χ0) is 29.2. The van der Waals surface area contributed by atoms with Gasteiger partial charge in [0.1, 0.15) is 6.07 Å². The van der Waals surface area contributed by atoms with Gasteiger partial charge in [0.25, 0.3) is 0 Å². The summed E-state index contributed by atoms with van der Waals surface area (Å²) in [6.45, 7) is 6.05. The molecule has 13 heteroatoms. The third kappa shape index (κ3) is 6.82. The number of alkyl halides is 3. The van der Waals surface area contributed by atoms with E-state index >= 15 is 0 Å². The number of β-amino-alcohol motifs (C(OH)–C–C–N with tert-alkyl or cyclic N) is 1. The van der Waals surface area contributed by atoms with Gasteiger partial charge in [-0.2, -0.15) is 18.4 Å². The number of aromatic nitrogens is 1. The van der Waals surface area contributed by atoms with Gasteiger partial charge in [-0.1, -0.05) is 62.2 Å². The minimum Gasteiger partial charge on any atom is -0.383 e. The highest BCUT2D eigenvalue weighted by atomic mass is 35.5. The molecular formula is C27H28Cl2F3N7O. The van der Waals surface area contributed by atoms with Gasteiger partial charge in [-0.15, -0.1) is 5.53 Å². The molecular weight excluding hydrogens is 566 g/mol. The van der Waals surface area contributed by atoms with Crippen molar-refractivity contribution in [3.63, 3.8) is 0 Å². The third-order valence-corrected chi connectivity index (χ3v) is 6.70. The van der Waals surface area contributed by atoms with Crippen LogP contribution in [0.15, 0.2) is 54.5 Å². The third-order valence-electron chi connectivity index (χ3n) is 6.07. The first-order valence-corrected chi connectivity index (χ1v) is 13.0. The van der Waals surface area contributed by atoms with Gasteiger partial charge in [-0.3, -0.25) is 9.99 Å². The van der Waals surface area contributed by atoms with Gasteiger partial charge >= 0.3 is 6.18 Å². The van der Waals surface area contributed by atoms with E-state index in [0.29, 0.717) is 55.7 Å². The smallest absolute Gasteiger partial charge is 0.383 e. The number of hydrogen-bond donors (Lipinski definition) is 5. The topological polar surface area (TPSA) is 108 Å². The van der Waals surface area contributed by atoms with E-state index in [4.69, 9.17) is 23.2 Å². The Morgan fingerprint density at radius 1 is 1.15 bits per heavy atom. The highest BCUT2D eigenvalue weighted by Crippen LogP contribution is 2.37. The average Bonchev–Trinajstić information content (AvgIpc) is 3.33. The van der Waals surface area contributed by atoms with Crippen LogP contribution in [0.25, 0.3) is 10.9 Å². The molecule has 8 nitrogen and oxygen atoms in total. The Kier molecular flexibility index (Phi) is 8.56. The molecule has 0 spiro atoms. The quantitative estimate of drug-likeness (QED) is 0.213. The molecule has 5 N–H and O–H groups in total. The minimum absolute atomic E-state index is 0.0731. The van der Waals surface area contributed by atoms with E-state index in [0.717, 1.165) is 5.01 Å². The van der Waals surface area contributed by atoms with Gasteiger partial charge < -0.3 is 21.2 Å². The fraction of sp³-hybridized carbons (Fsp3) is 0.333. The number of hydrazine groups is 2. The van der Waals surface area contributed by atoms with E-state index in [1.807, 2.05) is 0 Å². The number of nitriles is 1. The number of aliphatic hydroxyl groups is 1. The van der Waals surface area contributed by atoms with Crippen molar-refractivity contribution < 1.29 is 18.3 Å². The van der Waals surface area contributed by atoms with Crippen molar-refractivity contribution in [2.45, 2.75) is 39.1 Å². The summed E-state index contributed by atoms with van der Waals surface area (Å²) in [6.07, 6.45) is -4.43. The highest BCUT2D eigenvalue weighted by Gasteiger charge is 2.40. The lowest BCUT2D eigenvalue weighted by molar-refractivity contribution is -0.208. The molecule has 212 valence electrons. The second kappa shape index (κ2) is 11.6. The van der Waals surface area contributed by atoms with E-state index in [2.05, 4.69) is 53.4 Å². The Balaban J connectivity index is 1.75. The summed E-state index contributed by atoms with van der Waals surface area (Å²) < 4.78 is 38.8. The maximum absolute atomic E-state index is 12.9. The molecule has 1 aliphatic heterocycles. The van der Waals surface area contributed by atoms with Gasteiger partial charge in [-0.05, 0) is 29.2 Å². The predicted octanol–water partition coefficient (Wildman–Crippen LogP) is 6.11. The summed E-state index contributed by atoms with van der Waals surface area (Å²) in [5, 5.41) is 28.5. The lowest BCUT2D eigenvalue weighted by atomic mass is 9.96. The molecule has 0 saturated carbocycles. The molecule has 0 saturated heterocycles. The number of aliphatic hydroxyl groups excluding tert-OH is 1. The molecule has 4 rings (SSSR count). The van der Waals surface area contributed by atoms with Crippen LogP contribution in [0.3, 0.4) is 0 Å². The van der Waals surface area contributed by atoms with Crippen LogP contribution in [0.1, 0.15) is 37.9 Å². The molecule has 0 radical (unpaired) electrons. The number of hydrogen-bond acceptors (Lipinski definition) is 8. The summed E-state index contributed by atoms with van der Waals surface area (Å²) in [4.78, 5) is 4.38. The lowest BCUT2D eigenvalue weighted by Crippen LogP contribution is -2.45. The molecule has 2 atom stereocenters. The van der Waals surface area contributed by atoms with Crippen molar-refractivity contribution in [3.8, 4) is 6.07 Å². The lowest BCUT2D eigenvalue weighted by Gasteiger charge is -2.24. The first kappa shape index (κ1) is 29.6. The van der Waals surface area contributed by atoms with Crippen LogP contribution < -0.4 is 21.6 Å². The minimum atomic E-state index is -4.77. The van der Waals surface area contributed by atoms with Crippen molar-refractivity contribution >= 4 is 45.5 Å². The molecule has 0 fully saturated rings. The van der Waals surface area contributed by atoms with E-state index in [1.165, 1.54) is 12.4 Å². The molecule has 2 heterocycles. The molecule has 1 aromatic heterocycles. The Morgan fingerprint density at radius 2 is 1.88 bits per heavy atom. The van der Waals surface area contributed by atoms with Crippen molar-refractivity contribution in [3.05, 3.63) is 75.7 Å². The second-order valence-electron chi connectivity index (χ2n) is 10.6. The van der Waals surface area contributed by atoms with Gasteiger partial charge in [0.15, 0.2) is 6.10 Å². The Labute approximate surface area is 239 Å². The van der Waals surface area contributed by atoms with Crippen LogP contribution in [-0.2, 0) is 0 Å². The molecule has 2 unspecified atom stereocenters. The van der Waals surface area contributed by atoms with E-state index < -0.39 is 24.9 Å². The number of nitrogens with one attached hydrogen (secondary N) is 4. The van der Waals surface area contributed by atoms with Crippen LogP contribution in [0.5, 0.6) is 0 Å². The summed E-state index contributed by atoms with van der Waals surface area (Å²) in [5.41, 5.74) is 8.49. The monoisotopic (exact) mass is 593 g/mol. The van der Waals surface area contributed by atoms with Crippen LogP contribution in [0.2, 0.25) is 10.0 Å². The summed E-state index contributed by atoms with van der Waals surface area (Å²) in [6, 6.07) is 12.0. The normalized spacial score (nSPS) is 15.3. The largest absolute Gasteiger partial charge is 0.416 e. The standard InChI is InChI=1S/C27H28Cl2F3N7O/c1-26(2,3)14-35-23-15(10-33)11-34-24-18(23)8-16(9-20(24)29)36-25(17-6-4-5-7-19(17)28)21-12-39(38-37-21)13-22(40)27(30,31)32/h4-9,11-12,22,25,36-38,40H,13-14H2,1-3H3,(H,34,35). The number of nitrogens with zero attached hydrogens (tertiary/aromatic N) is 3. The molecule has 1 aliphatic rings. The maximum Gasteiger partial charge on any atom is 0.416 e. The fourth-order valence-electron chi connectivity index (χ4n) is 4.07. The zero-order valence-corrected chi connectivity index (χ0v) is 23.4. The van der Waals surface area contributed by atoms with Crippen LogP contribution in [0, 0.1) is 16.7 Å². The Hall–Kier alpha value is -3.43. The van der Waals surface area contributed by atoms with Gasteiger partial charge in [-0.25, -0.2) is 0 Å². The molecule has 0 aliphatic carbocycles. The molecule has 0 amide bonds. The predicted molar refractivity (Wildman–Crippen MR) is 150 cm³/mol. The van der Waals surface area contributed by atoms with Crippen molar-refractivity contribution in [1.82, 2.24) is 21.0 Å². The first-order chi connectivity index (χ1) is 18.8. The summed E-state index contributed by atoms with van der Waals surface area (Å²) >= 11 is 13.2. The zero-order valence-electron chi connectivity index (χ0n) is 21.9. The fourth-order valence-corrected chi connectivity index (χ4v) is 4.59. The van der Waals surface area contributed by atoms with E-state index in [9.17, 15) is 23.5 Å². The molecule has 3 aromatic rings. The molecule has 0 bridgehead atoms. The summed E-state index contributed by atoms with van der Waals surface area (Å²) in [5.74, 6) is 0. The van der Waals surface area contributed by atoms with Gasteiger partial charge in [0, 0.05) is 35.0 Å². The number of halogens is 5. The first-order valence-electron chi connectivity index (χ1n) is 12.3. The van der Waals surface area contributed by atoms with E-state index in [-0.39, 0.29) is 5.41 Å². The number of fused-ring (bicyclic) bond motifs is 1. The summed E-state index contributed by atoms with van der Waals surface area (Å²) in [7, 11) is 0. The van der Waals surface area contributed by atoms with E-state index in [1.54, 1.807) is 36.4 Å². The molecule has 2 aromatic carbocycles. The number of anilines is 2. The van der Waals surface area contributed by atoms with Gasteiger partial charge in [0.2, 0.25) is 0 Å². The van der Waals surface area contributed by atoms with Crippen LogP contribution in [-0.4, -0.2) is 40.5 Å². The second-order valence-corrected chi connectivity index (χ2v) is 11.4. The number of benzene rings is 2.